The van der Waals surface area contributed by atoms with Gasteiger partial charge in [0.05, 0.1) is 17.9 Å². The number of carbonyl (C=O) groups is 2. The van der Waals surface area contributed by atoms with Gasteiger partial charge in [0.1, 0.15) is 0 Å². The van der Waals surface area contributed by atoms with Crippen LogP contribution in [0.2, 0.25) is 0 Å². The first kappa shape index (κ1) is 15.7. The van der Waals surface area contributed by atoms with E-state index in [1.807, 2.05) is 0 Å². The van der Waals surface area contributed by atoms with Crippen LogP contribution in [0.4, 0.5) is 0 Å². The number of ketones is 1. The predicted octanol–water partition coefficient (Wildman–Crippen LogP) is 3.55. The fourth-order valence-electron chi connectivity index (χ4n) is 2.40. The van der Waals surface area contributed by atoms with Gasteiger partial charge in [-0.15, -0.1) is 0 Å². The number of Topliss-reactive ketones (excluding diaryl/α,β-unsaturated/α-hetero) is 1. The normalized spacial score (nSPS) is 14.8. The molecule has 4 nitrogen and oxygen atoms in total. The van der Waals surface area contributed by atoms with Crippen molar-refractivity contribution < 1.29 is 14.3 Å². The Balaban J connectivity index is 2.49. The van der Waals surface area contributed by atoms with Crippen LogP contribution >= 0.6 is 34.8 Å². The number of rotatable bonds is 3. The van der Waals surface area contributed by atoms with Gasteiger partial charge in [-0.1, -0.05) is 34.8 Å². The lowest BCUT2D eigenvalue weighted by Crippen LogP contribution is -2.24. The van der Waals surface area contributed by atoms with Crippen LogP contribution in [0.3, 0.4) is 0 Å². The Morgan fingerprint density at radius 3 is 2.65 bits per heavy atom. The van der Waals surface area contributed by atoms with E-state index in [0.29, 0.717) is 18.5 Å². The second-order valence-electron chi connectivity index (χ2n) is 4.55. The van der Waals surface area contributed by atoms with E-state index in [0.717, 1.165) is 18.5 Å². The number of halogens is 3. The SMILES string of the molecule is CCOC(=O)c1cc(C(=O)C(Cl)(Cl)Cl)n2c1CCCC2. The molecule has 0 unspecified atom stereocenters. The van der Waals surface area contributed by atoms with Crippen molar-refractivity contribution in [3.63, 3.8) is 0 Å². The molecule has 0 bridgehead atoms. The Morgan fingerprint density at radius 2 is 2.05 bits per heavy atom. The maximum Gasteiger partial charge on any atom is 0.339 e. The van der Waals surface area contributed by atoms with E-state index in [4.69, 9.17) is 39.5 Å². The number of fused-ring (bicyclic) bond motifs is 1. The molecule has 0 saturated heterocycles. The zero-order chi connectivity index (χ0) is 14.9. The first-order chi connectivity index (χ1) is 9.36. The molecule has 0 aromatic carbocycles. The van der Waals surface area contributed by atoms with Gasteiger partial charge in [-0.25, -0.2) is 4.79 Å². The molecule has 0 N–H and O–H groups in total. The number of esters is 1. The molecule has 1 aromatic rings. The van der Waals surface area contributed by atoms with Crippen molar-refractivity contribution in [2.75, 3.05) is 6.61 Å². The summed E-state index contributed by atoms with van der Waals surface area (Å²) in [6.45, 7) is 2.64. The van der Waals surface area contributed by atoms with Gasteiger partial charge in [0.25, 0.3) is 3.79 Å². The van der Waals surface area contributed by atoms with Crippen molar-refractivity contribution in [2.45, 2.75) is 36.5 Å². The summed E-state index contributed by atoms with van der Waals surface area (Å²) in [5.74, 6) is -1.07. The topological polar surface area (TPSA) is 48.3 Å². The maximum atomic E-state index is 12.2. The molecule has 0 spiro atoms. The fraction of sp³-hybridized carbons (Fsp3) is 0.538. The van der Waals surface area contributed by atoms with Crippen molar-refractivity contribution in [2.24, 2.45) is 0 Å². The van der Waals surface area contributed by atoms with Gasteiger partial charge in [-0.2, -0.15) is 0 Å². The number of aromatic nitrogens is 1. The Kier molecular flexibility index (Phi) is 4.67. The van der Waals surface area contributed by atoms with E-state index in [-0.39, 0.29) is 12.3 Å². The smallest absolute Gasteiger partial charge is 0.339 e. The first-order valence-corrected chi connectivity index (χ1v) is 7.50. The molecule has 0 atom stereocenters. The summed E-state index contributed by atoms with van der Waals surface area (Å²) in [4.78, 5) is 24.1. The van der Waals surface area contributed by atoms with Gasteiger partial charge in [0.15, 0.2) is 0 Å². The van der Waals surface area contributed by atoms with Crippen LogP contribution in [0, 0.1) is 0 Å². The van der Waals surface area contributed by atoms with Crippen LogP contribution in [-0.2, 0) is 17.7 Å². The highest BCUT2D eigenvalue weighted by Crippen LogP contribution is 2.33. The molecule has 2 heterocycles. The van der Waals surface area contributed by atoms with Crippen LogP contribution in [0.1, 0.15) is 46.3 Å². The van der Waals surface area contributed by atoms with Crippen molar-refractivity contribution in [1.29, 1.82) is 0 Å². The number of hydrogen-bond donors (Lipinski definition) is 0. The van der Waals surface area contributed by atoms with Gasteiger partial charge in [-0.05, 0) is 32.3 Å². The van der Waals surface area contributed by atoms with Crippen molar-refractivity contribution in [3.8, 4) is 0 Å². The van der Waals surface area contributed by atoms with Crippen molar-refractivity contribution >= 4 is 46.6 Å². The summed E-state index contributed by atoms with van der Waals surface area (Å²) < 4.78 is 4.74. The minimum Gasteiger partial charge on any atom is -0.462 e. The first-order valence-electron chi connectivity index (χ1n) is 6.37. The molecule has 110 valence electrons. The second-order valence-corrected chi connectivity index (χ2v) is 6.83. The number of alkyl halides is 3. The van der Waals surface area contributed by atoms with E-state index in [1.54, 1.807) is 11.5 Å². The average Bonchev–Trinajstić information content (AvgIpc) is 2.76. The Hall–Kier alpha value is -0.710. The molecule has 20 heavy (non-hydrogen) atoms. The summed E-state index contributed by atoms with van der Waals surface area (Å²) >= 11 is 17.0. The summed E-state index contributed by atoms with van der Waals surface area (Å²) in [7, 11) is 0. The molecular formula is C13H14Cl3NO3. The second kappa shape index (κ2) is 5.96. The largest absolute Gasteiger partial charge is 0.462 e. The molecule has 0 radical (unpaired) electrons. The van der Waals surface area contributed by atoms with E-state index in [2.05, 4.69) is 0 Å². The Bertz CT molecular complexity index is 546. The molecule has 1 aromatic heterocycles. The molecule has 1 aliphatic rings. The maximum absolute atomic E-state index is 12.2. The van der Waals surface area contributed by atoms with Gasteiger partial charge in [-0.3, -0.25) is 4.79 Å². The molecule has 7 heteroatoms. The third kappa shape index (κ3) is 2.97. The van der Waals surface area contributed by atoms with Gasteiger partial charge < -0.3 is 9.30 Å². The minimum atomic E-state index is -2.03. The van der Waals surface area contributed by atoms with Crippen LogP contribution < -0.4 is 0 Å². The van der Waals surface area contributed by atoms with Crippen LogP contribution in [0.5, 0.6) is 0 Å². The van der Waals surface area contributed by atoms with E-state index in [9.17, 15) is 9.59 Å². The molecule has 2 rings (SSSR count). The molecule has 1 aliphatic heterocycles. The summed E-state index contributed by atoms with van der Waals surface area (Å²) in [6.07, 6.45) is 2.59. The zero-order valence-electron chi connectivity index (χ0n) is 10.9. The van der Waals surface area contributed by atoms with E-state index in [1.165, 1.54) is 6.07 Å². The standard InChI is InChI=1S/C13H14Cl3NO3/c1-2-20-12(19)8-7-10(11(18)13(14,15)16)17-6-4-3-5-9(8)17/h7H,2-6H2,1H3. The number of ether oxygens (including phenoxy) is 1. The monoisotopic (exact) mass is 337 g/mol. The number of nitrogens with zero attached hydrogens (tertiary/aromatic N) is 1. The molecular weight excluding hydrogens is 325 g/mol. The molecule has 0 aliphatic carbocycles. The average molecular weight is 339 g/mol. The summed E-state index contributed by atoms with van der Waals surface area (Å²) in [5.41, 5.74) is 1.43. The van der Waals surface area contributed by atoms with Crippen LogP contribution in [-0.4, -0.2) is 26.7 Å². The molecule has 0 fully saturated rings. The Morgan fingerprint density at radius 1 is 1.35 bits per heavy atom. The van der Waals surface area contributed by atoms with E-state index >= 15 is 0 Å². The fourth-order valence-corrected chi connectivity index (χ4v) is 2.69. The third-order valence-corrected chi connectivity index (χ3v) is 3.75. The number of carbonyl (C=O) groups excluding carboxylic acids is 2. The summed E-state index contributed by atoms with van der Waals surface area (Å²) in [5, 5.41) is 0. The lowest BCUT2D eigenvalue weighted by atomic mass is 10.1. The van der Waals surface area contributed by atoms with Gasteiger partial charge in [0, 0.05) is 12.2 Å². The highest BCUT2D eigenvalue weighted by molar-refractivity contribution is 6.77. The van der Waals surface area contributed by atoms with Crippen LogP contribution in [0.15, 0.2) is 6.07 Å². The quantitative estimate of drug-likeness (QED) is 0.481. The highest BCUT2D eigenvalue weighted by Gasteiger charge is 2.36. The number of hydrogen-bond acceptors (Lipinski definition) is 3. The predicted molar refractivity (Wildman–Crippen MR) is 77.9 cm³/mol. The van der Waals surface area contributed by atoms with Gasteiger partial charge in [0.2, 0.25) is 5.78 Å². The van der Waals surface area contributed by atoms with Crippen molar-refractivity contribution in [1.82, 2.24) is 4.57 Å². The molecule has 0 amide bonds. The highest BCUT2D eigenvalue weighted by atomic mass is 35.6. The lowest BCUT2D eigenvalue weighted by molar-refractivity contribution is 0.0524. The minimum absolute atomic E-state index is 0.253. The van der Waals surface area contributed by atoms with Crippen molar-refractivity contribution in [3.05, 3.63) is 23.0 Å². The third-order valence-electron chi connectivity index (χ3n) is 3.24. The van der Waals surface area contributed by atoms with Gasteiger partial charge >= 0.3 is 5.97 Å². The summed E-state index contributed by atoms with van der Waals surface area (Å²) in [6, 6.07) is 1.48. The molecule has 0 saturated carbocycles. The Labute approximate surface area is 131 Å². The zero-order valence-corrected chi connectivity index (χ0v) is 13.2. The van der Waals surface area contributed by atoms with E-state index < -0.39 is 15.5 Å². The van der Waals surface area contributed by atoms with Crippen LogP contribution in [0.25, 0.3) is 0 Å². The lowest BCUT2D eigenvalue weighted by Gasteiger charge is -2.19.